The van der Waals surface area contributed by atoms with Gasteiger partial charge in [0.2, 0.25) is 0 Å². The highest BCUT2D eigenvalue weighted by atomic mass is 16.3. The standard InChI is InChI=1S/C19H24N6O3/c20-18(27)25-24-17(26)13-8-22-16-12(1-2-21-16)15(13)23-14-10-3-9-4-11(14)7-19(28,5-9)6-10/h1-2,8-11,14,28H,3-7H2,(H,24,26)(H3,20,25,27)(H2,21,22,23)/t9?,10-,11+,14+,19-. The fourth-order valence-electron chi connectivity index (χ4n) is 5.90. The van der Waals surface area contributed by atoms with Gasteiger partial charge >= 0.3 is 6.03 Å². The van der Waals surface area contributed by atoms with Gasteiger partial charge in [0.1, 0.15) is 5.65 Å². The van der Waals surface area contributed by atoms with E-state index in [1.165, 1.54) is 6.20 Å². The van der Waals surface area contributed by atoms with Gasteiger partial charge in [0.15, 0.2) is 0 Å². The molecule has 0 aliphatic heterocycles. The monoisotopic (exact) mass is 384 g/mol. The topological polar surface area (TPSA) is 145 Å². The van der Waals surface area contributed by atoms with E-state index < -0.39 is 17.5 Å². The van der Waals surface area contributed by atoms with Crippen LogP contribution in [-0.2, 0) is 0 Å². The average molecular weight is 384 g/mol. The Morgan fingerprint density at radius 1 is 1.21 bits per heavy atom. The van der Waals surface area contributed by atoms with Crippen molar-refractivity contribution in [1.29, 1.82) is 0 Å². The average Bonchev–Trinajstić information content (AvgIpc) is 3.10. The van der Waals surface area contributed by atoms with Gasteiger partial charge in [0, 0.05) is 23.8 Å². The number of urea groups is 1. The number of nitrogens with zero attached hydrogens (tertiary/aromatic N) is 1. The number of hydrazine groups is 1. The van der Waals surface area contributed by atoms with Gasteiger partial charge in [-0.1, -0.05) is 0 Å². The van der Waals surface area contributed by atoms with Crippen molar-refractivity contribution in [3.8, 4) is 0 Å². The molecule has 4 aliphatic rings. The van der Waals surface area contributed by atoms with E-state index in [9.17, 15) is 14.7 Å². The van der Waals surface area contributed by atoms with Crippen molar-refractivity contribution in [2.45, 2.75) is 43.7 Å². The number of primary amides is 1. The third kappa shape index (κ3) is 2.77. The largest absolute Gasteiger partial charge is 0.390 e. The summed E-state index contributed by atoms with van der Waals surface area (Å²) in [5, 5.41) is 15.3. The number of hydrogen-bond donors (Lipinski definition) is 6. The molecular weight excluding hydrogens is 360 g/mol. The van der Waals surface area contributed by atoms with Crippen LogP contribution in [0.4, 0.5) is 10.5 Å². The number of nitrogens with two attached hydrogens (primary N) is 1. The number of aliphatic hydroxyl groups is 1. The number of aromatic amines is 1. The van der Waals surface area contributed by atoms with Crippen LogP contribution in [0.15, 0.2) is 18.5 Å². The highest BCUT2D eigenvalue weighted by Crippen LogP contribution is 2.56. The van der Waals surface area contributed by atoms with Crippen molar-refractivity contribution in [3.63, 3.8) is 0 Å². The molecular formula is C19H24N6O3. The molecule has 2 aromatic heterocycles. The summed E-state index contributed by atoms with van der Waals surface area (Å²) in [6, 6.07) is 1.24. The lowest BCUT2D eigenvalue weighted by Gasteiger charge is -2.58. The maximum absolute atomic E-state index is 12.6. The minimum absolute atomic E-state index is 0.202. The lowest BCUT2D eigenvalue weighted by molar-refractivity contribution is -0.129. The van der Waals surface area contributed by atoms with Crippen molar-refractivity contribution in [2.24, 2.45) is 23.5 Å². The van der Waals surface area contributed by atoms with Crippen LogP contribution in [-0.4, -0.2) is 38.7 Å². The minimum Gasteiger partial charge on any atom is -0.390 e. The first-order valence-corrected chi connectivity index (χ1v) is 9.73. The molecule has 5 atom stereocenters. The van der Waals surface area contributed by atoms with Gasteiger partial charge in [0.25, 0.3) is 5.91 Å². The number of hydrogen-bond acceptors (Lipinski definition) is 5. The van der Waals surface area contributed by atoms with Gasteiger partial charge < -0.3 is 21.1 Å². The van der Waals surface area contributed by atoms with Crippen LogP contribution in [0.2, 0.25) is 0 Å². The summed E-state index contributed by atoms with van der Waals surface area (Å²) in [7, 11) is 0. The number of fused-ring (bicyclic) bond motifs is 1. The minimum atomic E-state index is -0.840. The summed E-state index contributed by atoms with van der Waals surface area (Å²) in [5.74, 6) is 0.892. The number of nitrogens with one attached hydrogen (secondary N) is 4. The number of carbonyl (C=O) groups is 2. The van der Waals surface area contributed by atoms with E-state index in [0.29, 0.717) is 34.7 Å². The third-order valence-corrected chi connectivity index (χ3v) is 6.68. The van der Waals surface area contributed by atoms with E-state index in [4.69, 9.17) is 5.73 Å². The molecule has 1 unspecified atom stereocenters. The van der Waals surface area contributed by atoms with Crippen molar-refractivity contribution >= 4 is 28.7 Å². The molecule has 2 heterocycles. The summed E-state index contributed by atoms with van der Waals surface area (Å²) in [4.78, 5) is 30.9. The Morgan fingerprint density at radius 3 is 2.64 bits per heavy atom. The van der Waals surface area contributed by atoms with Crippen LogP contribution >= 0.6 is 0 Å². The fraction of sp³-hybridized carbons (Fsp3) is 0.526. The molecule has 0 spiro atoms. The van der Waals surface area contributed by atoms with Crippen molar-refractivity contribution in [1.82, 2.24) is 20.8 Å². The van der Waals surface area contributed by atoms with E-state index in [2.05, 4.69) is 26.1 Å². The molecule has 3 amide bonds. The zero-order chi connectivity index (χ0) is 19.5. The van der Waals surface area contributed by atoms with Crippen LogP contribution in [0.5, 0.6) is 0 Å². The number of H-pyrrole nitrogens is 1. The molecule has 28 heavy (non-hydrogen) atoms. The van der Waals surface area contributed by atoms with Gasteiger partial charge in [0.05, 0.1) is 16.9 Å². The first-order valence-electron chi connectivity index (χ1n) is 9.73. The molecule has 9 nitrogen and oxygen atoms in total. The second kappa shape index (κ2) is 6.10. The predicted octanol–water partition coefficient (Wildman–Crippen LogP) is 1.23. The molecule has 4 bridgehead atoms. The van der Waals surface area contributed by atoms with Crippen molar-refractivity contribution in [2.75, 3.05) is 5.32 Å². The number of pyridine rings is 1. The maximum Gasteiger partial charge on any atom is 0.330 e. The Labute approximate surface area is 161 Å². The highest BCUT2D eigenvalue weighted by Gasteiger charge is 2.54. The second-order valence-corrected chi connectivity index (χ2v) is 8.59. The van der Waals surface area contributed by atoms with E-state index in [1.807, 2.05) is 6.07 Å². The van der Waals surface area contributed by atoms with E-state index in [1.54, 1.807) is 6.20 Å². The van der Waals surface area contributed by atoms with Crippen molar-refractivity contribution in [3.05, 3.63) is 24.0 Å². The summed E-state index contributed by atoms with van der Waals surface area (Å²) >= 11 is 0. The summed E-state index contributed by atoms with van der Waals surface area (Å²) in [5.41, 5.74) is 10.7. The van der Waals surface area contributed by atoms with Crippen molar-refractivity contribution < 1.29 is 14.7 Å². The molecule has 2 aromatic rings. The molecule has 0 radical (unpaired) electrons. The number of carbonyl (C=O) groups excluding carboxylic acids is 2. The van der Waals surface area contributed by atoms with Gasteiger partial charge in [-0.05, 0) is 55.9 Å². The Morgan fingerprint density at radius 2 is 1.96 bits per heavy atom. The van der Waals surface area contributed by atoms with Crippen LogP contribution in [0.1, 0.15) is 42.5 Å². The first-order chi connectivity index (χ1) is 13.4. The van der Waals surface area contributed by atoms with E-state index in [0.717, 1.165) is 37.5 Å². The molecule has 0 saturated heterocycles. The summed E-state index contributed by atoms with van der Waals surface area (Å²) in [6.45, 7) is 0. The number of aromatic nitrogens is 2. The van der Waals surface area contributed by atoms with E-state index >= 15 is 0 Å². The van der Waals surface area contributed by atoms with Gasteiger partial charge in [-0.2, -0.15) is 0 Å². The molecule has 148 valence electrons. The van der Waals surface area contributed by atoms with Crippen LogP contribution < -0.4 is 21.9 Å². The number of amides is 3. The second-order valence-electron chi connectivity index (χ2n) is 8.59. The third-order valence-electron chi connectivity index (χ3n) is 6.68. The van der Waals surface area contributed by atoms with Crippen LogP contribution in [0.3, 0.4) is 0 Å². The Bertz CT molecular complexity index is 940. The Balaban J connectivity index is 1.48. The lowest BCUT2D eigenvalue weighted by atomic mass is 9.52. The summed E-state index contributed by atoms with van der Waals surface area (Å²) in [6.07, 6.45) is 8.05. The fourth-order valence-corrected chi connectivity index (χ4v) is 5.90. The molecule has 9 heteroatoms. The van der Waals surface area contributed by atoms with Crippen LogP contribution in [0.25, 0.3) is 11.0 Å². The SMILES string of the molecule is NC(=O)NNC(=O)c1cnc2[nH]ccc2c1N[C@H]1[C@@H]2CC3C[C@H]1C[C@@](O)(C3)C2. The zero-order valence-corrected chi connectivity index (χ0v) is 15.4. The quantitative estimate of drug-likeness (QED) is 0.441. The maximum atomic E-state index is 12.6. The highest BCUT2D eigenvalue weighted by molar-refractivity contribution is 6.06. The van der Waals surface area contributed by atoms with Gasteiger partial charge in [-0.3, -0.25) is 10.2 Å². The molecule has 4 aliphatic carbocycles. The smallest absolute Gasteiger partial charge is 0.330 e. The molecule has 4 saturated carbocycles. The van der Waals surface area contributed by atoms with Crippen LogP contribution in [0, 0.1) is 17.8 Å². The molecule has 7 N–H and O–H groups in total. The predicted molar refractivity (Wildman–Crippen MR) is 102 cm³/mol. The van der Waals surface area contributed by atoms with Gasteiger partial charge in [-0.25, -0.2) is 15.2 Å². The Kier molecular flexibility index (Phi) is 3.77. The molecule has 4 fully saturated rings. The summed E-state index contributed by atoms with van der Waals surface area (Å²) < 4.78 is 0. The van der Waals surface area contributed by atoms with Gasteiger partial charge in [-0.15, -0.1) is 0 Å². The lowest BCUT2D eigenvalue weighted by Crippen LogP contribution is -2.59. The molecule has 6 rings (SSSR count). The number of rotatable bonds is 3. The normalized spacial score (nSPS) is 33.0. The number of anilines is 1. The molecule has 0 aromatic carbocycles. The first kappa shape index (κ1) is 17.3. The zero-order valence-electron chi connectivity index (χ0n) is 15.4. The Hall–Kier alpha value is -2.81. The van der Waals surface area contributed by atoms with E-state index in [-0.39, 0.29) is 6.04 Å².